The number of carbonyl (C=O) groups excluding carboxylic acids is 1. The van der Waals surface area contributed by atoms with Gasteiger partial charge in [0.25, 0.3) is 0 Å². The lowest BCUT2D eigenvalue weighted by molar-refractivity contribution is -0.137. The average molecular weight is 269 g/mol. The molecule has 0 aliphatic carbocycles. The largest absolute Gasteiger partial charge is 0.481 e. The Bertz CT molecular complexity index is 450. The third-order valence-electron chi connectivity index (χ3n) is 2.89. The van der Waals surface area contributed by atoms with Crippen LogP contribution in [0.4, 0.5) is 0 Å². The molecule has 4 N–H and O–H groups in total. The molecule has 0 aliphatic rings. The summed E-state index contributed by atoms with van der Waals surface area (Å²) in [6.45, 7) is 5.36. The van der Waals surface area contributed by atoms with Gasteiger partial charge in [-0.05, 0) is 27.2 Å². The van der Waals surface area contributed by atoms with Crippen LogP contribution in [0.2, 0.25) is 0 Å². The highest BCUT2D eigenvalue weighted by Gasteiger charge is 2.21. The molecule has 2 unspecified atom stereocenters. The molecule has 7 nitrogen and oxygen atoms in total. The molecule has 0 saturated carbocycles. The number of nitrogens with zero attached hydrogens (tertiary/aromatic N) is 1. The zero-order valence-corrected chi connectivity index (χ0v) is 11.3. The van der Waals surface area contributed by atoms with Gasteiger partial charge in [-0.3, -0.25) is 9.59 Å². The molecule has 1 aromatic rings. The minimum Gasteiger partial charge on any atom is -0.481 e. The van der Waals surface area contributed by atoms with Crippen molar-refractivity contribution in [3.05, 3.63) is 17.0 Å². The van der Waals surface area contributed by atoms with Gasteiger partial charge in [0.2, 0.25) is 5.91 Å². The van der Waals surface area contributed by atoms with Crippen LogP contribution < -0.4 is 11.1 Å². The number of aryl methyl sites for hydroxylation is 2. The van der Waals surface area contributed by atoms with Crippen molar-refractivity contribution in [2.45, 2.75) is 45.7 Å². The van der Waals surface area contributed by atoms with Gasteiger partial charge in [0.05, 0.1) is 17.8 Å². The maximum absolute atomic E-state index is 11.8. The molecule has 0 fully saturated rings. The molecule has 0 spiro atoms. The Kier molecular flexibility index (Phi) is 5.05. The van der Waals surface area contributed by atoms with E-state index in [1.807, 2.05) is 0 Å². The highest BCUT2D eigenvalue weighted by Crippen LogP contribution is 2.20. The van der Waals surface area contributed by atoms with E-state index in [2.05, 4.69) is 10.5 Å². The summed E-state index contributed by atoms with van der Waals surface area (Å²) in [5.41, 5.74) is 7.16. The number of hydrogen-bond acceptors (Lipinski definition) is 5. The van der Waals surface area contributed by atoms with E-state index in [1.165, 1.54) is 0 Å². The lowest BCUT2D eigenvalue weighted by Gasteiger charge is -2.17. The van der Waals surface area contributed by atoms with Crippen molar-refractivity contribution in [1.82, 2.24) is 10.5 Å². The summed E-state index contributed by atoms with van der Waals surface area (Å²) in [5.74, 6) is -0.708. The maximum Gasteiger partial charge on any atom is 0.303 e. The fraction of sp³-hybridized carbons (Fsp3) is 0.583. The van der Waals surface area contributed by atoms with E-state index in [9.17, 15) is 9.59 Å². The summed E-state index contributed by atoms with van der Waals surface area (Å²) in [4.78, 5) is 22.2. The summed E-state index contributed by atoms with van der Waals surface area (Å²) < 4.78 is 5.03. The second-order valence-electron chi connectivity index (χ2n) is 4.51. The molecule has 0 aromatic carbocycles. The number of carboxylic acid groups (broad SMARTS) is 1. The van der Waals surface area contributed by atoms with Gasteiger partial charge < -0.3 is 20.7 Å². The van der Waals surface area contributed by atoms with E-state index in [0.717, 1.165) is 5.56 Å². The van der Waals surface area contributed by atoms with E-state index in [-0.39, 0.29) is 24.8 Å². The molecule has 7 heteroatoms. The maximum atomic E-state index is 11.8. The molecule has 0 aliphatic heterocycles. The van der Waals surface area contributed by atoms with Gasteiger partial charge in [-0.2, -0.15) is 0 Å². The predicted octanol–water partition coefficient (Wildman–Crippen LogP) is 0.661. The first-order valence-electron chi connectivity index (χ1n) is 6.03. The molecule has 106 valence electrons. The van der Waals surface area contributed by atoms with Crippen molar-refractivity contribution in [1.29, 1.82) is 0 Å². The monoisotopic (exact) mass is 269 g/mol. The van der Waals surface area contributed by atoms with Crippen LogP contribution in [-0.4, -0.2) is 28.2 Å². The standard InChI is InChI=1S/C12H19N3O4/c1-6(11-7(2)15-19-8(11)3)14-12(18)9(13)4-5-10(16)17/h6,9H,4-5,13H2,1-3H3,(H,14,18)(H,16,17). The first kappa shape index (κ1) is 15.2. The highest BCUT2D eigenvalue weighted by molar-refractivity contribution is 5.82. The number of carbonyl (C=O) groups is 2. The number of nitrogens with two attached hydrogens (primary N) is 1. The number of carboxylic acids is 1. The summed E-state index contributed by atoms with van der Waals surface area (Å²) in [7, 11) is 0. The van der Waals surface area contributed by atoms with Crippen LogP contribution >= 0.6 is 0 Å². The highest BCUT2D eigenvalue weighted by atomic mass is 16.5. The number of amides is 1. The minimum atomic E-state index is -0.970. The third kappa shape index (κ3) is 4.06. The van der Waals surface area contributed by atoms with Crippen molar-refractivity contribution in [3.8, 4) is 0 Å². The van der Waals surface area contributed by atoms with Crippen molar-refractivity contribution >= 4 is 11.9 Å². The average Bonchev–Trinajstić information content (AvgIpc) is 2.65. The molecule has 1 aromatic heterocycles. The first-order valence-corrected chi connectivity index (χ1v) is 6.03. The molecule has 1 amide bonds. The molecule has 0 bridgehead atoms. The smallest absolute Gasteiger partial charge is 0.303 e. The van der Waals surface area contributed by atoms with E-state index in [4.69, 9.17) is 15.4 Å². The van der Waals surface area contributed by atoms with Gasteiger partial charge in [0, 0.05) is 12.0 Å². The predicted molar refractivity (Wildman–Crippen MR) is 67.4 cm³/mol. The lowest BCUT2D eigenvalue weighted by atomic mass is 10.1. The SMILES string of the molecule is Cc1noc(C)c1C(C)NC(=O)C(N)CCC(=O)O. The minimum absolute atomic E-state index is 0.107. The molecular weight excluding hydrogens is 250 g/mol. The Labute approximate surface area is 111 Å². The summed E-state index contributed by atoms with van der Waals surface area (Å²) in [5, 5.41) is 15.1. The Hall–Kier alpha value is -1.89. The number of aliphatic carboxylic acids is 1. The van der Waals surface area contributed by atoms with Crippen molar-refractivity contribution < 1.29 is 19.2 Å². The molecule has 0 saturated heterocycles. The topological polar surface area (TPSA) is 118 Å². The Morgan fingerprint density at radius 1 is 1.47 bits per heavy atom. The fourth-order valence-electron chi connectivity index (χ4n) is 1.91. The van der Waals surface area contributed by atoms with E-state index < -0.39 is 12.0 Å². The fourth-order valence-corrected chi connectivity index (χ4v) is 1.91. The van der Waals surface area contributed by atoms with Crippen LogP contribution in [0.3, 0.4) is 0 Å². The molecule has 0 radical (unpaired) electrons. The van der Waals surface area contributed by atoms with Gasteiger partial charge in [-0.1, -0.05) is 5.16 Å². The van der Waals surface area contributed by atoms with Crippen LogP contribution in [0.5, 0.6) is 0 Å². The van der Waals surface area contributed by atoms with Crippen molar-refractivity contribution in [2.75, 3.05) is 0 Å². The Balaban J connectivity index is 2.59. The van der Waals surface area contributed by atoms with Crippen molar-refractivity contribution in [2.24, 2.45) is 5.73 Å². The second-order valence-corrected chi connectivity index (χ2v) is 4.51. The quantitative estimate of drug-likeness (QED) is 0.698. The van der Waals surface area contributed by atoms with Crippen molar-refractivity contribution in [3.63, 3.8) is 0 Å². The van der Waals surface area contributed by atoms with Crippen LogP contribution in [-0.2, 0) is 9.59 Å². The molecule has 1 heterocycles. The third-order valence-corrected chi connectivity index (χ3v) is 2.89. The zero-order valence-electron chi connectivity index (χ0n) is 11.3. The van der Waals surface area contributed by atoms with Gasteiger partial charge >= 0.3 is 5.97 Å². The van der Waals surface area contributed by atoms with Crippen LogP contribution in [0.25, 0.3) is 0 Å². The van der Waals surface area contributed by atoms with E-state index in [0.29, 0.717) is 11.5 Å². The number of hydrogen-bond donors (Lipinski definition) is 3. The van der Waals surface area contributed by atoms with E-state index in [1.54, 1.807) is 20.8 Å². The normalized spacial score (nSPS) is 13.9. The number of nitrogens with one attached hydrogen (secondary N) is 1. The van der Waals surface area contributed by atoms with Crippen LogP contribution in [0, 0.1) is 13.8 Å². The summed E-state index contributed by atoms with van der Waals surface area (Å²) >= 11 is 0. The lowest BCUT2D eigenvalue weighted by Crippen LogP contribution is -2.42. The summed E-state index contributed by atoms with van der Waals surface area (Å²) in [6, 6.07) is -1.12. The second kappa shape index (κ2) is 6.33. The number of aromatic nitrogens is 1. The molecular formula is C12H19N3O4. The van der Waals surface area contributed by atoms with Crippen LogP contribution in [0.1, 0.15) is 42.8 Å². The summed E-state index contributed by atoms with van der Waals surface area (Å²) in [6.07, 6.45) is -0.0240. The number of rotatable bonds is 6. The van der Waals surface area contributed by atoms with Crippen LogP contribution in [0.15, 0.2) is 4.52 Å². The first-order chi connectivity index (χ1) is 8.82. The van der Waals surface area contributed by atoms with E-state index >= 15 is 0 Å². The van der Waals surface area contributed by atoms with Gasteiger partial charge in [-0.15, -0.1) is 0 Å². The Morgan fingerprint density at radius 3 is 2.58 bits per heavy atom. The zero-order chi connectivity index (χ0) is 14.6. The van der Waals surface area contributed by atoms with Gasteiger partial charge in [-0.25, -0.2) is 0 Å². The molecule has 1 rings (SSSR count). The van der Waals surface area contributed by atoms with Gasteiger partial charge in [0.1, 0.15) is 5.76 Å². The molecule has 19 heavy (non-hydrogen) atoms. The van der Waals surface area contributed by atoms with Gasteiger partial charge in [0.15, 0.2) is 0 Å². The Morgan fingerprint density at radius 2 is 2.11 bits per heavy atom. The molecule has 2 atom stereocenters.